The minimum Gasteiger partial charge on any atom is -0.336 e. The summed E-state index contributed by atoms with van der Waals surface area (Å²) in [5, 5.41) is 5.69. The predicted molar refractivity (Wildman–Crippen MR) is 103 cm³/mol. The molecule has 1 amide bonds. The van der Waals surface area contributed by atoms with Crippen LogP contribution in [0.1, 0.15) is 31.1 Å². The van der Waals surface area contributed by atoms with Crippen molar-refractivity contribution in [1.82, 2.24) is 14.7 Å². The lowest BCUT2D eigenvalue weighted by atomic mass is 9.95. The van der Waals surface area contributed by atoms with Crippen molar-refractivity contribution in [3.63, 3.8) is 0 Å². The molecule has 0 spiro atoms. The van der Waals surface area contributed by atoms with Crippen LogP contribution in [0.15, 0.2) is 36.5 Å². The van der Waals surface area contributed by atoms with E-state index in [-0.39, 0.29) is 11.9 Å². The summed E-state index contributed by atoms with van der Waals surface area (Å²) < 4.78 is 15.7. The zero-order valence-electron chi connectivity index (χ0n) is 15.3. The van der Waals surface area contributed by atoms with E-state index in [9.17, 15) is 9.18 Å². The topological polar surface area (TPSA) is 38.1 Å². The number of halogens is 2. The molecule has 3 rings (SSSR count). The number of amides is 1. The van der Waals surface area contributed by atoms with Crippen LogP contribution in [-0.2, 0) is 7.05 Å². The first-order valence-electron chi connectivity index (χ1n) is 8.55. The Kier molecular flexibility index (Phi) is 5.01. The average Bonchev–Trinajstić information content (AvgIpc) is 2.95. The quantitative estimate of drug-likeness (QED) is 0.652. The van der Waals surface area contributed by atoms with Crippen molar-refractivity contribution in [3.05, 3.63) is 52.9 Å². The summed E-state index contributed by atoms with van der Waals surface area (Å²) in [7, 11) is 1.83. The van der Waals surface area contributed by atoms with Gasteiger partial charge in [0.2, 0.25) is 0 Å². The molecule has 0 aliphatic heterocycles. The lowest BCUT2D eigenvalue weighted by Gasteiger charge is -2.26. The van der Waals surface area contributed by atoms with Crippen LogP contribution >= 0.6 is 11.6 Å². The predicted octanol–water partition coefficient (Wildman–Crippen LogP) is 4.90. The molecule has 3 aromatic rings. The van der Waals surface area contributed by atoms with E-state index in [1.807, 2.05) is 33.9 Å². The number of carbonyl (C=O) groups is 1. The Morgan fingerprint density at radius 2 is 2.00 bits per heavy atom. The smallest absolute Gasteiger partial charge is 0.254 e. The van der Waals surface area contributed by atoms with Crippen molar-refractivity contribution < 1.29 is 9.18 Å². The van der Waals surface area contributed by atoms with Crippen molar-refractivity contribution in [2.24, 2.45) is 7.05 Å². The van der Waals surface area contributed by atoms with E-state index in [1.165, 1.54) is 12.1 Å². The van der Waals surface area contributed by atoms with Crippen LogP contribution in [-0.4, -0.2) is 33.2 Å². The first-order valence-corrected chi connectivity index (χ1v) is 8.93. The molecule has 136 valence electrons. The lowest BCUT2D eigenvalue weighted by molar-refractivity contribution is 0.0717. The molecule has 0 fully saturated rings. The van der Waals surface area contributed by atoms with Gasteiger partial charge in [-0.2, -0.15) is 5.10 Å². The van der Waals surface area contributed by atoms with Gasteiger partial charge in [-0.15, -0.1) is 0 Å². The molecule has 26 heavy (non-hydrogen) atoms. The van der Waals surface area contributed by atoms with Gasteiger partial charge in [0.15, 0.2) is 0 Å². The summed E-state index contributed by atoms with van der Waals surface area (Å²) in [5.74, 6) is -0.643. The third-order valence-electron chi connectivity index (χ3n) is 4.56. The molecule has 2 aromatic carbocycles. The van der Waals surface area contributed by atoms with Crippen LogP contribution in [0.3, 0.4) is 0 Å². The summed E-state index contributed by atoms with van der Waals surface area (Å²) in [6, 6.07) is 7.93. The molecule has 0 radical (unpaired) electrons. The molecule has 0 atom stereocenters. The van der Waals surface area contributed by atoms with Gasteiger partial charge >= 0.3 is 0 Å². The maximum atomic E-state index is 14.0. The second-order valence-corrected chi connectivity index (χ2v) is 6.97. The summed E-state index contributed by atoms with van der Waals surface area (Å²) >= 11 is 6.30. The highest BCUT2D eigenvalue weighted by atomic mass is 35.5. The van der Waals surface area contributed by atoms with Gasteiger partial charge in [-0.25, -0.2) is 4.39 Å². The molecule has 0 N–H and O–H groups in total. The Morgan fingerprint density at radius 1 is 1.27 bits per heavy atom. The zero-order valence-corrected chi connectivity index (χ0v) is 16.0. The van der Waals surface area contributed by atoms with Gasteiger partial charge in [0.25, 0.3) is 5.91 Å². The number of rotatable bonds is 4. The minimum atomic E-state index is -0.443. The normalized spacial score (nSPS) is 11.3. The number of hydrogen-bond acceptors (Lipinski definition) is 2. The van der Waals surface area contributed by atoms with Gasteiger partial charge in [-0.05, 0) is 56.2 Å². The fraction of sp³-hybridized carbons (Fsp3) is 0.300. The Hall–Kier alpha value is -2.40. The van der Waals surface area contributed by atoms with Crippen LogP contribution < -0.4 is 0 Å². The van der Waals surface area contributed by atoms with Crippen LogP contribution in [0.25, 0.3) is 22.0 Å². The van der Waals surface area contributed by atoms with Crippen molar-refractivity contribution >= 4 is 28.4 Å². The fourth-order valence-electron chi connectivity index (χ4n) is 3.26. The van der Waals surface area contributed by atoms with E-state index in [0.29, 0.717) is 22.7 Å². The largest absolute Gasteiger partial charge is 0.336 e. The highest BCUT2D eigenvalue weighted by Gasteiger charge is 2.23. The van der Waals surface area contributed by atoms with Gasteiger partial charge < -0.3 is 4.90 Å². The second kappa shape index (κ2) is 7.08. The third-order valence-corrected chi connectivity index (χ3v) is 4.78. The van der Waals surface area contributed by atoms with E-state index in [0.717, 1.165) is 16.5 Å². The van der Waals surface area contributed by atoms with Crippen LogP contribution in [0, 0.1) is 5.82 Å². The summed E-state index contributed by atoms with van der Waals surface area (Å²) in [4.78, 5) is 14.8. The Labute approximate surface area is 157 Å². The van der Waals surface area contributed by atoms with Crippen molar-refractivity contribution in [1.29, 1.82) is 0 Å². The molecule has 0 saturated carbocycles. The van der Waals surface area contributed by atoms with Crippen molar-refractivity contribution in [3.8, 4) is 11.1 Å². The van der Waals surface area contributed by atoms with Gasteiger partial charge in [0, 0.05) is 30.0 Å². The maximum absolute atomic E-state index is 14.0. The number of aryl methyl sites for hydroxylation is 1. The first-order chi connectivity index (χ1) is 12.3. The number of fused-ring (bicyclic) bond motifs is 1. The average molecular weight is 374 g/mol. The SMILES string of the molecule is CCN(C(=O)c1cc(F)ccc1-c1cc(Cl)cc2c1cnn2C)C(C)C. The highest BCUT2D eigenvalue weighted by molar-refractivity contribution is 6.32. The zero-order chi connectivity index (χ0) is 19.0. The van der Waals surface area contributed by atoms with Gasteiger partial charge in [-0.3, -0.25) is 9.48 Å². The van der Waals surface area contributed by atoms with Crippen LogP contribution in [0.4, 0.5) is 4.39 Å². The Morgan fingerprint density at radius 3 is 2.65 bits per heavy atom. The van der Waals surface area contributed by atoms with Crippen LogP contribution in [0.2, 0.25) is 5.02 Å². The highest BCUT2D eigenvalue weighted by Crippen LogP contribution is 2.34. The van der Waals surface area contributed by atoms with Gasteiger partial charge in [0.1, 0.15) is 5.82 Å². The Balaban J connectivity index is 2.26. The van der Waals surface area contributed by atoms with Crippen LogP contribution in [0.5, 0.6) is 0 Å². The van der Waals surface area contributed by atoms with Crippen molar-refractivity contribution in [2.45, 2.75) is 26.8 Å². The van der Waals surface area contributed by atoms with Gasteiger partial charge in [-0.1, -0.05) is 17.7 Å². The molecule has 0 saturated heterocycles. The summed E-state index contributed by atoms with van der Waals surface area (Å²) in [6.07, 6.45) is 1.73. The molecule has 1 heterocycles. The summed E-state index contributed by atoms with van der Waals surface area (Å²) in [6.45, 7) is 6.35. The monoisotopic (exact) mass is 373 g/mol. The number of carbonyl (C=O) groups excluding carboxylic acids is 1. The molecule has 0 aliphatic carbocycles. The molecular weight excluding hydrogens is 353 g/mol. The molecule has 0 unspecified atom stereocenters. The van der Waals surface area contributed by atoms with Crippen molar-refractivity contribution in [2.75, 3.05) is 6.54 Å². The molecule has 4 nitrogen and oxygen atoms in total. The summed E-state index contributed by atoms with van der Waals surface area (Å²) in [5.41, 5.74) is 2.60. The second-order valence-electron chi connectivity index (χ2n) is 6.53. The van der Waals surface area contributed by atoms with E-state index in [1.54, 1.807) is 27.9 Å². The molecular formula is C20H21ClFN3O. The lowest BCUT2D eigenvalue weighted by Crippen LogP contribution is -2.37. The van der Waals surface area contributed by atoms with E-state index in [4.69, 9.17) is 11.6 Å². The van der Waals surface area contributed by atoms with Gasteiger partial charge in [0.05, 0.1) is 17.3 Å². The fourth-order valence-corrected chi connectivity index (χ4v) is 3.48. The number of aromatic nitrogens is 2. The standard InChI is InChI=1S/C20H21ClFN3O/c1-5-25(12(2)3)20(26)17-10-14(22)6-7-15(17)16-8-13(21)9-19-18(16)11-23-24(19)4/h6-12H,5H2,1-4H3. The Bertz CT molecular complexity index is 981. The molecule has 1 aromatic heterocycles. The third kappa shape index (κ3) is 3.19. The van der Waals surface area contributed by atoms with E-state index in [2.05, 4.69) is 5.10 Å². The first kappa shape index (κ1) is 18.4. The number of benzene rings is 2. The molecule has 0 bridgehead atoms. The molecule has 6 heteroatoms. The van der Waals surface area contributed by atoms with E-state index >= 15 is 0 Å². The maximum Gasteiger partial charge on any atom is 0.254 e. The molecule has 0 aliphatic rings. The number of nitrogens with zero attached hydrogens (tertiary/aromatic N) is 3. The minimum absolute atomic E-state index is 0.0152. The number of hydrogen-bond donors (Lipinski definition) is 0. The van der Waals surface area contributed by atoms with E-state index < -0.39 is 5.82 Å².